The van der Waals surface area contributed by atoms with Gasteiger partial charge in [-0.15, -0.1) is 0 Å². The summed E-state index contributed by atoms with van der Waals surface area (Å²) in [6, 6.07) is 6.00. The number of benzene rings is 1. The number of amides is 1. The van der Waals surface area contributed by atoms with E-state index in [9.17, 15) is 9.18 Å². The first-order valence-electron chi connectivity index (χ1n) is 10.5. The summed E-state index contributed by atoms with van der Waals surface area (Å²) in [4.78, 5) is 19.3. The quantitative estimate of drug-likeness (QED) is 0.615. The molecule has 158 valence electrons. The number of carbonyl (C=O) groups is 1. The first-order valence-corrected chi connectivity index (χ1v) is 10.5. The lowest BCUT2D eigenvalue weighted by Gasteiger charge is -2.32. The third kappa shape index (κ3) is 4.27. The smallest absolute Gasteiger partial charge is 0.257 e. The Balaban J connectivity index is 1.35. The number of aromatic nitrogens is 4. The summed E-state index contributed by atoms with van der Waals surface area (Å²) < 4.78 is 20.2. The summed E-state index contributed by atoms with van der Waals surface area (Å²) in [6.07, 6.45) is 5.33. The van der Waals surface area contributed by atoms with E-state index in [-0.39, 0.29) is 11.7 Å². The van der Waals surface area contributed by atoms with Crippen LogP contribution in [-0.2, 0) is 13.0 Å². The molecule has 7 nitrogen and oxygen atoms in total. The molecule has 3 aromatic rings. The van der Waals surface area contributed by atoms with Gasteiger partial charge < -0.3 is 9.42 Å². The van der Waals surface area contributed by atoms with Crippen molar-refractivity contribution in [3.05, 3.63) is 53.4 Å². The van der Waals surface area contributed by atoms with Crippen LogP contribution in [0.2, 0.25) is 0 Å². The summed E-state index contributed by atoms with van der Waals surface area (Å²) in [5.41, 5.74) is 2.32. The van der Waals surface area contributed by atoms with Gasteiger partial charge in [-0.05, 0) is 63.3 Å². The summed E-state index contributed by atoms with van der Waals surface area (Å²) in [7, 11) is 0. The van der Waals surface area contributed by atoms with Gasteiger partial charge in [-0.2, -0.15) is 10.1 Å². The molecule has 0 bridgehead atoms. The van der Waals surface area contributed by atoms with E-state index in [1.807, 2.05) is 23.4 Å². The molecule has 30 heavy (non-hydrogen) atoms. The van der Waals surface area contributed by atoms with E-state index < -0.39 is 0 Å². The molecule has 4 rings (SSSR count). The standard InChI is InChI=1S/C22H26FN5O2/c1-3-28-15(2)19(13-24-28)22(29)27-12-4-5-16(14-27)6-11-20-25-21(30-26-20)17-7-9-18(23)10-8-17/h7-10,13,16H,3-6,11-12,14H2,1-2H3. The van der Waals surface area contributed by atoms with Crippen molar-refractivity contribution >= 4 is 5.91 Å². The summed E-state index contributed by atoms with van der Waals surface area (Å²) >= 11 is 0. The van der Waals surface area contributed by atoms with Crippen LogP contribution in [0, 0.1) is 18.7 Å². The van der Waals surface area contributed by atoms with Crippen molar-refractivity contribution in [3.63, 3.8) is 0 Å². The number of hydrogen-bond donors (Lipinski definition) is 0. The minimum absolute atomic E-state index is 0.0649. The van der Waals surface area contributed by atoms with Gasteiger partial charge >= 0.3 is 0 Å². The van der Waals surface area contributed by atoms with Gasteiger partial charge in [0, 0.05) is 37.3 Å². The maximum atomic E-state index is 13.1. The van der Waals surface area contributed by atoms with Gasteiger partial charge in [0.1, 0.15) is 5.82 Å². The van der Waals surface area contributed by atoms with Gasteiger partial charge in [0.15, 0.2) is 5.82 Å². The molecule has 1 aromatic carbocycles. The third-order valence-electron chi connectivity index (χ3n) is 5.77. The lowest BCUT2D eigenvalue weighted by Crippen LogP contribution is -2.40. The molecule has 3 heterocycles. The highest BCUT2D eigenvalue weighted by Gasteiger charge is 2.27. The molecule has 0 N–H and O–H groups in total. The Morgan fingerprint density at radius 2 is 2.10 bits per heavy atom. The van der Waals surface area contributed by atoms with E-state index >= 15 is 0 Å². The van der Waals surface area contributed by atoms with Crippen LogP contribution >= 0.6 is 0 Å². The highest BCUT2D eigenvalue weighted by molar-refractivity contribution is 5.95. The van der Waals surface area contributed by atoms with Crippen LogP contribution < -0.4 is 0 Å². The second-order valence-corrected chi connectivity index (χ2v) is 7.78. The Hall–Kier alpha value is -3.03. The summed E-state index contributed by atoms with van der Waals surface area (Å²) in [6.45, 7) is 6.23. The number of halogens is 1. The van der Waals surface area contributed by atoms with Gasteiger partial charge in [-0.25, -0.2) is 4.39 Å². The SMILES string of the molecule is CCn1ncc(C(=O)N2CCCC(CCc3noc(-c4ccc(F)cc4)n3)C2)c1C. The fourth-order valence-electron chi connectivity index (χ4n) is 4.03. The molecule has 1 fully saturated rings. The molecule has 0 radical (unpaired) electrons. The van der Waals surface area contributed by atoms with Gasteiger partial charge in [0.2, 0.25) is 0 Å². The van der Waals surface area contributed by atoms with E-state index in [4.69, 9.17) is 4.52 Å². The van der Waals surface area contributed by atoms with Crippen molar-refractivity contribution in [2.75, 3.05) is 13.1 Å². The van der Waals surface area contributed by atoms with Crippen molar-refractivity contribution in [2.45, 2.75) is 46.1 Å². The molecular weight excluding hydrogens is 385 g/mol. The summed E-state index contributed by atoms with van der Waals surface area (Å²) in [5.74, 6) is 1.20. The van der Waals surface area contributed by atoms with Crippen molar-refractivity contribution in [2.24, 2.45) is 5.92 Å². The van der Waals surface area contributed by atoms with Gasteiger partial charge in [-0.3, -0.25) is 9.48 Å². The molecule has 0 saturated carbocycles. The number of likely N-dealkylation sites (tertiary alicyclic amines) is 1. The van der Waals surface area contributed by atoms with Crippen LogP contribution in [0.4, 0.5) is 4.39 Å². The molecule has 1 aliphatic heterocycles. The number of hydrogen-bond acceptors (Lipinski definition) is 5. The first-order chi connectivity index (χ1) is 14.5. The Bertz CT molecular complexity index is 1010. The lowest BCUT2D eigenvalue weighted by molar-refractivity contribution is 0.0667. The molecule has 1 unspecified atom stereocenters. The zero-order chi connectivity index (χ0) is 21.1. The third-order valence-corrected chi connectivity index (χ3v) is 5.77. The normalized spacial score (nSPS) is 16.8. The van der Waals surface area contributed by atoms with Crippen molar-refractivity contribution in [1.29, 1.82) is 0 Å². The second kappa shape index (κ2) is 8.77. The minimum Gasteiger partial charge on any atom is -0.338 e. The number of carbonyl (C=O) groups excluding carboxylic acids is 1. The van der Waals surface area contributed by atoms with E-state index in [0.717, 1.165) is 44.6 Å². The van der Waals surface area contributed by atoms with Crippen LogP contribution in [0.5, 0.6) is 0 Å². The Labute approximate surface area is 174 Å². The van der Waals surface area contributed by atoms with Crippen molar-refractivity contribution < 1.29 is 13.7 Å². The van der Waals surface area contributed by atoms with E-state index in [2.05, 4.69) is 15.2 Å². The average Bonchev–Trinajstić information content (AvgIpc) is 3.39. The molecule has 1 saturated heterocycles. The maximum absolute atomic E-state index is 13.1. The average molecular weight is 411 g/mol. The zero-order valence-electron chi connectivity index (χ0n) is 17.3. The topological polar surface area (TPSA) is 77.0 Å². The monoisotopic (exact) mass is 411 g/mol. The highest BCUT2D eigenvalue weighted by atomic mass is 19.1. The number of aryl methyl sites for hydroxylation is 2. The Morgan fingerprint density at radius 3 is 2.83 bits per heavy atom. The molecule has 1 atom stereocenters. The molecule has 0 aliphatic carbocycles. The van der Waals surface area contributed by atoms with E-state index in [0.29, 0.717) is 35.2 Å². The van der Waals surface area contributed by atoms with E-state index in [1.165, 1.54) is 12.1 Å². The van der Waals surface area contributed by atoms with Crippen LogP contribution in [0.15, 0.2) is 35.0 Å². The fraction of sp³-hybridized carbons (Fsp3) is 0.455. The zero-order valence-corrected chi connectivity index (χ0v) is 17.3. The van der Waals surface area contributed by atoms with Crippen LogP contribution in [0.3, 0.4) is 0 Å². The highest BCUT2D eigenvalue weighted by Crippen LogP contribution is 2.24. The van der Waals surface area contributed by atoms with Crippen LogP contribution in [0.1, 0.15) is 48.1 Å². The fourth-order valence-corrected chi connectivity index (χ4v) is 4.03. The van der Waals surface area contributed by atoms with Gasteiger partial charge in [0.25, 0.3) is 11.8 Å². The van der Waals surface area contributed by atoms with Crippen LogP contribution in [-0.4, -0.2) is 43.8 Å². The lowest BCUT2D eigenvalue weighted by atomic mass is 9.93. The number of rotatable bonds is 6. The molecule has 1 amide bonds. The predicted molar refractivity (Wildman–Crippen MR) is 109 cm³/mol. The second-order valence-electron chi connectivity index (χ2n) is 7.78. The predicted octanol–water partition coefficient (Wildman–Crippen LogP) is 3.89. The van der Waals surface area contributed by atoms with Crippen molar-refractivity contribution in [1.82, 2.24) is 24.8 Å². The first kappa shape index (κ1) is 20.3. The molecule has 0 spiro atoms. The van der Waals surface area contributed by atoms with Gasteiger partial charge in [0.05, 0.1) is 11.8 Å². The molecule has 8 heteroatoms. The number of nitrogens with zero attached hydrogens (tertiary/aromatic N) is 5. The largest absolute Gasteiger partial charge is 0.338 e. The molecule has 2 aromatic heterocycles. The Kier molecular flexibility index (Phi) is 5.92. The summed E-state index contributed by atoms with van der Waals surface area (Å²) in [5, 5.41) is 8.35. The van der Waals surface area contributed by atoms with Gasteiger partial charge in [-0.1, -0.05) is 5.16 Å². The Morgan fingerprint density at radius 1 is 1.30 bits per heavy atom. The van der Waals surface area contributed by atoms with Crippen molar-refractivity contribution in [3.8, 4) is 11.5 Å². The van der Waals surface area contributed by atoms with E-state index in [1.54, 1.807) is 18.3 Å². The maximum Gasteiger partial charge on any atom is 0.257 e. The van der Waals surface area contributed by atoms with Crippen LogP contribution in [0.25, 0.3) is 11.5 Å². The minimum atomic E-state index is -0.299. The number of piperidine rings is 1. The molecular formula is C22H26FN5O2. The molecule has 1 aliphatic rings.